The first kappa shape index (κ1) is 22.8. The normalized spacial score (nSPS) is 13.4. The molecule has 0 spiro atoms. The number of rotatable bonds is 8. The van der Waals surface area contributed by atoms with Crippen LogP contribution in [0.5, 0.6) is 11.5 Å². The second-order valence-corrected chi connectivity index (χ2v) is 7.20. The molecule has 2 amide bonds. The zero-order valence-electron chi connectivity index (χ0n) is 17.6. The van der Waals surface area contributed by atoms with E-state index < -0.39 is 23.9 Å². The molecule has 9 heteroatoms. The number of ketones is 1. The average Bonchev–Trinajstić information content (AvgIpc) is 3.02. The number of carbonyl (C=O) groups excluding carboxylic acids is 4. The van der Waals surface area contributed by atoms with E-state index in [1.54, 1.807) is 18.2 Å². The zero-order valence-corrected chi connectivity index (χ0v) is 17.6. The smallest absolute Gasteiger partial charge is 0.307 e. The van der Waals surface area contributed by atoms with Crippen LogP contribution in [0.1, 0.15) is 46.9 Å². The maximum atomic E-state index is 12.4. The number of nitrogens with two attached hydrogens (primary N) is 1. The molecule has 9 nitrogen and oxygen atoms in total. The topological polar surface area (TPSA) is 134 Å². The van der Waals surface area contributed by atoms with Crippen LogP contribution in [0, 0.1) is 0 Å². The number of anilines is 1. The number of nitrogens with one attached hydrogen (secondary N) is 1. The van der Waals surface area contributed by atoms with E-state index in [-0.39, 0.29) is 18.6 Å². The van der Waals surface area contributed by atoms with E-state index in [2.05, 4.69) is 5.32 Å². The molecule has 3 rings (SSSR count). The Hall–Kier alpha value is -3.88. The quantitative estimate of drug-likeness (QED) is 0.476. The summed E-state index contributed by atoms with van der Waals surface area (Å²) in [5, 5.41) is 2.58. The molecule has 0 saturated heterocycles. The van der Waals surface area contributed by atoms with Crippen molar-refractivity contribution in [3.8, 4) is 11.5 Å². The highest BCUT2D eigenvalue weighted by molar-refractivity contribution is 5.99. The standard InChI is InChI=1S/C23H24N2O7/c1-14(23(29)25-17-6-3-15(4-7-17)22(24)28)32-21(27)10-8-18(26)16-5-9-19-20(13-16)31-12-2-11-30-19/h3-7,9,13-14H,2,8,10-12H2,1H3,(H2,24,28)(H,25,29). The average molecular weight is 440 g/mol. The predicted molar refractivity (Wildman–Crippen MR) is 115 cm³/mol. The summed E-state index contributed by atoms with van der Waals surface area (Å²) >= 11 is 0. The molecule has 1 unspecified atom stereocenters. The van der Waals surface area contributed by atoms with Gasteiger partial charge in [-0.2, -0.15) is 0 Å². The Bertz CT molecular complexity index is 1020. The summed E-state index contributed by atoms with van der Waals surface area (Å²) in [6.45, 7) is 2.49. The van der Waals surface area contributed by atoms with Crippen molar-refractivity contribution in [2.75, 3.05) is 18.5 Å². The Morgan fingerprint density at radius 3 is 2.31 bits per heavy atom. The van der Waals surface area contributed by atoms with Gasteiger partial charge >= 0.3 is 5.97 Å². The van der Waals surface area contributed by atoms with Crippen LogP contribution in [0.4, 0.5) is 5.69 Å². The van der Waals surface area contributed by atoms with Gasteiger partial charge in [-0.15, -0.1) is 0 Å². The van der Waals surface area contributed by atoms with Gasteiger partial charge in [0.05, 0.1) is 19.6 Å². The summed E-state index contributed by atoms with van der Waals surface area (Å²) in [6.07, 6.45) is -0.542. The summed E-state index contributed by atoms with van der Waals surface area (Å²) in [7, 11) is 0. The van der Waals surface area contributed by atoms with Crippen LogP contribution in [0.2, 0.25) is 0 Å². The van der Waals surface area contributed by atoms with E-state index in [0.29, 0.717) is 41.5 Å². The Balaban J connectivity index is 1.47. The molecule has 3 N–H and O–H groups in total. The summed E-state index contributed by atoms with van der Waals surface area (Å²) in [5.74, 6) is -0.942. The molecule has 0 fully saturated rings. The van der Waals surface area contributed by atoms with Gasteiger partial charge in [0.1, 0.15) is 0 Å². The van der Waals surface area contributed by atoms with Crippen LogP contribution >= 0.6 is 0 Å². The highest BCUT2D eigenvalue weighted by Gasteiger charge is 2.20. The molecule has 0 bridgehead atoms. The molecular weight excluding hydrogens is 416 g/mol. The lowest BCUT2D eigenvalue weighted by Crippen LogP contribution is -2.30. The van der Waals surface area contributed by atoms with Crippen LogP contribution in [-0.2, 0) is 14.3 Å². The fourth-order valence-corrected chi connectivity index (χ4v) is 2.97. The molecule has 2 aromatic rings. The van der Waals surface area contributed by atoms with Gasteiger partial charge in [0.25, 0.3) is 5.91 Å². The first-order chi connectivity index (χ1) is 15.3. The van der Waals surface area contributed by atoms with Gasteiger partial charge < -0.3 is 25.3 Å². The van der Waals surface area contributed by atoms with E-state index in [0.717, 1.165) is 6.42 Å². The van der Waals surface area contributed by atoms with E-state index in [1.807, 2.05) is 0 Å². The number of carbonyl (C=O) groups is 4. The third-order valence-electron chi connectivity index (χ3n) is 4.74. The SMILES string of the molecule is CC(OC(=O)CCC(=O)c1ccc2c(c1)OCCCO2)C(=O)Nc1ccc(C(N)=O)cc1. The van der Waals surface area contributed by atoms with Gasteiger partial charge in [0.2, 0.25) is 5.91 Å². The van der Waals surface area contributed by atoms with E-state index >= 15 is 0 Å². The lowest BCUT2D eigenvalue weighted by molar-refractivity contribution is -0.153. The van der Waals surface area contributed by atoms with E-state index in [9.17, 15) is 19.2 Å². The van der Waals surface area contributed by atoms with Gasteiger partial charge in [0, 0.05) is 29.7 Å². The largest absolute Gasteiger partial charge is 0.490 e. The lowest BCUT2D eigenvalue weighted by atomic mass is 10.1. The Labute approximate surface area is 184 Å². The first-order valence-electron chi connectivity index (χ1n) is 10.2. The van der Waals surface area contributed by atoms with Crippen LogP contribution in [0.3, 0.4) is 0 Å². The molecule has 2 aromatic carbocycles. The Morgan fingerprint density at radius 2 is 1.62 bits per heavy atom. The van der Waals surface area contributed by atoms with Crippen LogP contribution in [0.25, 0.3) is 0 Å². The van der Waals surface area contributed by atoms with E-state index in [4.69, 9.17) is 19.9 Å². The molecule has 168 valence electrons. The van der Waals surface area contributed by atoms with E-state index in [1.165, 1.54) is 31.2 Å². The number of hydrogen-bond acceptors (Lipinski definition) is 7. The fraction of sp³-hybridized carbons (Fsp3) is 0.304. The molecule has 1 heterocycles. The number of esters is 1. The van der Waals surface area contributed by atoms with Crippen LogP contribution in [-0.4, -0.2) is 42.9 Å². The van der Waals surface area contributed by atoms with Gasteiger partial charge in [-0.05, 0) is 49.4 Å². The molecule has 0 saturated carbocycles. The van der Waals surface area contributed by atoms with Gasteiger partial charge in [-0.25, -0.2) is 0 Å². The number of fused-ring (bicyclic) bond motifs is 1. The summed E-state index contributed by atoms with van der Waals surface area (Å²) < 4.78 is 16.2. The third kappa shape index (κ3) is 6.07. The molecule has 1 aliphatic heterocycles. The third-order valence-corrected chi connectivity index (χ3v) is 4.74. The fourth-order valence-electron chi connectivity index (χ4n) is 2.97. The number of ether oxygens (including phenoxy) is 3. The predicted octanol–water partition coefficient (Wildman–Crippen LogP) is 2.48. The molecule has 0 aliphatic carbocycles. The maximum absolute atomic E-state index is 12.4. The van der Waals surface area contributed by atoms with Gasteiger partial charge in [-0.3, -0.25) is 19.2 Å². The highest BCUT2D eigenvalue weighted by Crippen LogP contribution is 2.30. The molecule has 1 aliphatic rings. The second kappa shape index (κ2) is 10.4. The number of hydrogen-bond donors (Lipinski definition) is 2. The summed E-state index contributed by atoms with van der Waals surface area (Å²) in [4.78, 5) is 47.8. The number of amides is 2. The Morgan fingerprint density at radius 1 is 0.969 bits per heavy atom. The van der Waals surface area contributed by atoms with Crippen LogP contribution < -0.4 is 20.5 Å². The van der Waals surface area contributed by atoms with Crippen molar-refractivity contribution >= 4 is 29.3 Å². The summed E-state index contributed by atoms with van der Waals surface area (Å²) in [6, 6.07) is 10.9. The molecule has 0 radical (unpaired) electrons. The summed E-state index contributed by atoms with van der Waals surface area (Å²) in [5.41, 5.74) is 6.31. The molecule has 1 atom stereocenters. The monoisotopic (exact) mass is 440 g/mol. The van der Waals surface area contributed by atoms with Crippen LogP contribution in [0.15, 0.2) is 42.5 Å². The van der Waals surface area contributed by atoms with Crippen molar-refractivity contribution in [3.05, 3.63) is 53.6 Å². The molecule has 32 heavy (non-hydrogen) atoms. The van der Waals surface area contributed by atoms with Crippen molar-refractivity contribution in [1.29, 1.82) is 0 Å². The Kier molecular flexibility index (Phi) is 7.43. The van der Waals surface area contributed by atoms with Crippen molar-refractivity contribution in [3.63, 3.8) is 0 Å². The minimum atomic E-state index is -1.06. The first-order valence-corrected chi connectivity index (χ1v) is 10.2. The van der Waals surface area contributed by atoms with Gasteiger partial charge in [0.15, 0.2) is 23.4 Å². The molecular formula is C23H24N2O7. The number of Topliss-reactive ketones (excluding diaryl/α,β-unsaturated/α-hetero) is 1. The minimum absolute atomic E-state index is 0.0681. The second-order valence-electron chi connectivity index (χ2n) is 7.20. The minimum Gasteiger partial charge on any atom is -0.490 e. The van der Waals surface area contributed by atoms with Crippen molar-refractivity contribution in [2.45, 2.75) is 32.3 Å². The van der Waals surface area contributed by atoms with Gasteiger partial charge in [-0.1, -0.05) is 0 Å². The van der Waals surface area contributed by atoms with Crippen molar-refractivity contribution in [2.24, 2.45) is 5.73 Å². The van der Waals surface area contributed by atoms with Crippen molar-refractivity contribution < 1.29 is 33.4 Å². The number of primary amides is 1. The number of benzene rings is 2. The molecule has 0 aromatic heterocycles. The highest BCUT2D eigenvalue weighted by atomic mass is 16.5. The lowest BCUT2D eigenvalue weighted by Gasteiger charge is -2.14. The zero-order chi connectivity index (χ0) is 23.1. The maximum Gasteiger partial charge on any atom is 0.307 e. The van der Waals surface area contributed by atoms with Crippen molar-refractivity contribution in [1.82, 2.24) is 0 Å².